The molecule has 1 heterocycles. The summed E-state index contributed by atoms with van der Waals surface area (Å²) in [5, 5.41) is 11.3. The second kappa shape index (κ2) is 10.4. The predicted molar refractivity (Wildman–Crippen MR) is 117 cm³/mol. The Morgan fingerprint density at radius 3 is 2.39 bits per heavy atom. The predicted octanol–water partition coefficient (Wildman–Crippen LogP) is 1.72. The Hall–Kier alpha value is -2.84. The minimum Gasteiger partial charge on any atom is -0.493 e. The summed E-state index contributed by atoms with van der Waals surface area (Å²) in [5.74, 6) is 0. The van der Waals surface area contributed by atoms with Crippen LogP contribution in [0.25, 0.3) is 0 Å². The van der Waals surface area contributed by atoms with Gasteiger partial charge in [0.2, 0.25) is 10.0 Å². The molecule has 0 saturated carbocycles. The number of sulfonamides is 1. The van der Waals surface area contributed by atoms with Crippen LogP contribution >= 0.6 is 0 Å². The van der Waals surface area contributed by atoms with Gasteiger partial charge in [0.05, 0.1) is 36.7 Å². The maximum Gasteiger partial charge on any atom is 0.289 e. The third-order valence-corrected chi connectivity index (χ3v) is 6.66. The van der Waals surface area contributed by atoms with Crippen LogP contribution in [0.2, 0.25) is 0 Å². The van der Waals surface area contributed by atoms with E-state index in [1.165, 1.54) is 24.5 Å². The number of rotatable bonds is 10. The Bertz CT molecular complexity index is 1220. The minimum atomic E-state index is -4.43. The highest BCUT2D eigenvalue weighted by Crippen LogP contribution is 2.25. The van der Waals surface area contributed by atoms with Gasteiger partial charge in [-0.25, -0.2) is 13.1 Å². The molecule has 1 N–H and O–H groups in total. The number of nitro benzene ring substituents is 1. The van der Waals surface area contributed by atoms with Gasteiger partial charge in [-0.2, -0.15) is 8.42 Å². The fraction of sp³-hybridized carbons (Fsp3) is 0.300. The van der Waals surface area contributed by atoms with Crippen LogP contribution in [0, 0.1) is 10.1 Å². The van der Waals surface area contributed by atoms with Gasteiger partial charge in [0.25, 0.3) is 15.8 Å². The molecule has 0 saturated heterocycles. The van der Waals surface area contributed by atoms with Crippen LogP contribution in [0.15, 0.2) is 71.8 Å². The van der Waals surface area contributed by atoms with Crippen molar-refractivity contribution in [2.45, 2.75) is 29.8 Å². The Morgan fingerprint density at radius 1 is 1.06 bits per heavy atom. The summed E-state index contributed by atoms with van der Waals surface area (Å²) in [5.41, 5.74) is 0.252. The van der Waals surface area contributed by atoms with Gasteiger partial charge in [-0.15, -0.1) is 0 Å². The highest BCUT2D eigenvalue weighted by molar-refractivity contribution is 7.89. The maximum absolute atomic E-state index is 12.9. The Morgan fingerprint density at radius 2 is 1.73 bits per heavy atom. The number of nitrogens with zero attached hydrogens (tertiary/aromatic N) is 1. The highest BCUT2D eigenvalue weighted by atomic mass is 32.2. The summed E-state index contributed by atoms with van der Waals surface area (Å²) in [4.78, 5) is 9.87. The number of hydrogen-bond acceptors (Lipinski definition) is 9. The van der Waals surface area contributed by atoms with Crippen molar-refractivity contribution in [2.75, 3.05) is 12.9 Å². The van der Waals surface area contributed by atoms with Crippen LogP contribution in [-0.4, -0.2) is 52.9 Å². The van der Waals surface area contributed by atoms with Crippen molar-refractivity contribution in [1.82, 2.24) is 4.72 Å². The smallest absolute Gasteiger partial charge is 0.289 e. The average molecular weight is 499 g/mol. The Kier molecular flexibility index (Phi) is 7.81. The van der Waals surface area contributed by atoms with E-state index in [9.17, 15) is 26.9 Å². The van der Waals surface area contributed by atoms with E-state index in [0.717, 1.165) is 24.0 Å². The van der Waals surface area contributed by atoms with Gasteiger partial charge >= 0.3 is 0 Å². The Labute approximate surface area is 191 Å². The lowest BCUT2D eigenvalue weighted by Gasteiger charge is -2.33. The molecule has 0 spiro atoms. The maximum atomic E-state index is 12.9. The molecule has 0 bridgehead atoms. The van der Waals surface area contributed by atoms with Crippen LogP contribution in [0.1, 0.15) is 5.56 Å². The Balaban J connectivity index is 1.81. The second-order valence-corrected chi connectivity index (χ2v) is 10.4. The molecule has 1 aliphatic heterocycles. The molecular weight excluding hydrogens is 476 g/mol. The molecule has 11 nitrogen and oxygen atoms in total. The molecule has 33 heavy (non-hydrogen) atoms. The normalized spacial score (nSPS) is 20.8. The zero-order chi connectivity index (χ0) is 24.1. The monoisotopic (exact) mass is 498 g/mol. The molecule has 0 aromatic heterocycles. The molecule has 0 unspecified atom stereocenters. The summed E-state index contributed by atoms with van der Waals surface area (Å²) < 4.78 is 68.0. The molecule has 0 amide bonds. The number of para-hydroxylation sites is 1. The van der Waals surface area contributed by atoms with Crippen molar-refractivity contribution in [2.24, 2.45) is 0 Å². The first-order chi connectivity index (χ1) is 15.6. The summed E-state index contributed by atoms with van der Waals surface area (Å²) in [7, 11) is -8.45. The van der Waals surface area contributed by atoms with Crippen LogP contribution < -0.4 is 4.72 Å². The van der Waals surface area contributed by atoms with Crippen LogP contribution in [0.3, 0.4) is 0 Å². The quantitative estimate of drug-likeness (QED) is 0.293. The van der Waals surface area contributed by atoms with E-state index in [4.69, 9.17) is 13.7 Å². The summed E-state index contributed by atoms with van der Waals surface area (Å²) in [6.07, 6.45) is 0.979. The van der Waals surface area contributed by atoms with E-state index in [1.807, 2.05) is 30.3 Å². The van der Waals surface area contributed by atoms with Gasteiger partial charge in [0, 0.05) is 6.07 Å². The largest absolute Gasteiger partial charge is 0.493 e. The van der Waals surface area contributed by atoms with E-state index in [2.05, 4.69) is 4.72 Å². The molecule has 0 fully saturated rings. The van der Waals surface area contributed by atoms with Crippen molar-refractivity contribution in [3.8, 4) is 0 Å². The fourth-order valence-corrected chi connectivity index (χ4v) is 5.18. The number of hydrogen-bond donors (Lipinski definition) is 1. The zero-order valence-electron chi connectivity index (χ0n) is 17.4. The van der Waals surface area contributed by atoms with Gasteiger partial charge in [-0.3, -0.25) is 14.3 Å². The van der Waals surface area contributed by atoms with Crippen molar-refractivity contribution in [3.63, 3.8) is 0 Å². The standard InChI is InChI=1S/C20H22N2O9S2/c1-32(25,26)31-20-16(21-33(27,28)19-10-6-5-9-17(19)22(23)24)11-12-30-18(20)14-29-13-15-7-3-2-4-8-15/h2-12,16,18,20-21H,13-14H2,1H3/t16-,18+,20+/m0/s1. The first-order valence-corrected chi connectivity index (χ1v) is 12.9. The minimum absolute atomic E-state index is 0.108. The third-order valence-electron chi connectivity index (χ3n) is 4.58. The average Bonchev–Trinajstić information content (AvgIpc) is 2.75. The van der Waals surface area contributed by atoms with Gasteiger partial charge in [0.1, 0.15) is 6.10 Å². The molecule has 3 rings (SSSR count). The molecule has 13 heteroatoms. The lowest BCUT2D eigenvalue weighted by Crippen LogP contribution is -2.53. The molecule has 3 atom stereocenters. The fourth-order valence-electron chi connectivity index (χ4n) is 3.16. The van der Waals surface area contributed by atoms with Gasteiger partial charge in [-0.1, -0.05) is 42.5 Å². The van der Waals surface area contributed by atoms with Crippen LogP contribution in [-0.2, 0) is 40.4 Å². The summed E-state index contributed by atoms with van der Waals surface area (Å²) in [6.45, 7) is 0.103. The number of nitro groups is 1. The van der Waals surface area contributed by atoms with Crippen molar-refractivity contribution in [3.05, 3.63) is 82.6 Å². The van der Waals surface area contributed by atoms with Crippen molar-refractivity contribution < 1.29 is 35.4 Å². The molecule has 1 aliphatic rings. The van der Waals surface area contributed by atoms with Gasteiger partial charge < -0.3 is 9.47 Å². The van der Waals surface area contributed by atoms with Gasteiger partial charge in [0.15, 0.2) is 11.0 Å². The third kappa shape index (κ3) is 6.82. The number of ether oxygens (including phenoxy) is 2. The molecule has 0 radical (unpaired) electrons. The van der Waals surface area contributed by atoms with Crippen molar-refractivity contribution in [1.29, 1.82) is 0 Å². The topological polar surface area (TPSA) is 151 Å². The van der Waals surface area contributed by atoms with Crippen LogP contribution in [0.4, 0.5) is 5.69 Å². The lowest BCUT2D eigenvalue weighted by molar-refractivity contribution is -0.387. The lowest BCUT2D eigenvalue weighted by atomic mass is 10.1. The first-order valence-electron chi connectivity index (χ1n) is 9.64. The molecular formula is C20H22N2O9S2. The van der Waals surface area contributed by atoms with Crippen molar-refractivity contribution >= 4 is 25.8 Å². The molecule has 178 valence electrons. The SMILES string of the molecule is CS(=O)(=O)O[C@@H]1[C@@H](NS(=O)(=O)c2ccccc2[N+](=O)[O-])C=CO[C@@H]1COCc1ccccc1. The summed E-state index contributed by atoms with van der Waals surface area (Å²) in [6, 6.07) is 12.8. The van der Waals surface area contributed by atoms with Gasteiger partial charge in [-0.05, 0) is 17.7 Å². The molecule has 2 aromatic carbocycles. The first kappa shape index (κ1) is 24.8. The number of nitrogens with one attached hydrogen (secondary N) is 1. The summed E-state index contributed by atoms with van der Waals surface area (Å²) >= 11 is 0. The second-order valence-electron chi connectivity index (χ2n) is 7.14. The van der Waals surface area contributed by atoms with E-state index in [0.29, 0.717) is 0 Å². The van der Waals surface area contributed by atoms with E-state index in [1.54, 1.807) is 0 Å². The molecule has 0 aliphatic carbocycles. The highest BCUT2D eigenvalue weighted by Gasteiger charge is 2.39. The van der Waals surface area contributed by atoms with Crippen LogP contribution in [0.5, 0.6) is 0 Å². The number of benzene rings is 2. The van der Waals surface area contributed by atoms with E-state index >= 15 is 0 Å². The zero-order valence-corrected chi connectivity index (χ0v) is 19.1. The van der Waals surface area contributed by atoms with E-state index < -0.39 is 53.9 Å². The van der Waals surface area contributed by atoms with E-state index in [-0.39, 0.29) is 13.2 Å². The molecule has 2 aromatic rings.